The first-order chi connectivity index (χ1) is 13.7. The van der Waals surface area contributed by atoms with Gasteiger partial charge < -0.3 is 15.6 Å². The van der Waals surface area contributed by atoms with E-state index in [0.717, 1.165) is 29.7 Å². The highest BCUT2D eigenvalue weighted by Crippen LogP contribution is 2.35. The zero-order valence-corrected chi connectivity index (χ0v) is 15.8. The van der Waals surface area contributed by atoms with Crippen LogP contribution in [-0.2, 0) is 6.42 Å². The van der Waals surface area contributed by atoms with Crippen molar-refractivity contribution in [1.82, 2.24) is 29.9 Å². The van der Waals surface area contributed by atoms with Crippen molar-refractivity contribution in [1.29, 1.82) is 0 Å². The number of benzene rings is 1. The molecule has 3 N–H and O–H groups in total. The molecule has 0 saturated heterocycles. The molecule has 0 bridgehead atoms. The predicted octanol–water partition coefficient (Wildman–Crippen LogP) is 3.97. The summed E-state index contributed by atoms with van der Waals surface area (Å²) in [4.78, 5) is 14.1. The topological polar surface area (TPSA) is 96.3 Å². The van der Waals surface area contributed by atoms with Gasteiger partial charge in [0.05, 0.1) is 23.7 Å². The number of nitrogens with zero attached hydrogens (tertiary/aromatic N) is 5. The molecule has 1 aromatic carbocycles. The second-order valence-corrected chi connectivity index (χ2v) is 7.34. The second kappa shape index (κ2) is 6.63. The van der Waals surface area contributed by atoms with Gasteiger partial charge >= 0.3 is 0 Å². The maximum absolute atomic E-state index is 4.73. The highest BCUT2D eigenvalue weighted by Gasteiger charge is 2.23. The minimum atomic E-state index is 0.196. The molecule has 1 aliphatic carbocycles. The lowest BCUT2D eigenvalue weighted by molar-refractivity contribution is 0.467. The van der Waals surface area contributed by atoms with Crippen molar-refractivity contribution in [2.24, 2.45) is 0 Å². The lowest BCUT2D eigenvalue weighted by Gasteiger charge is -2.16. The lowest BCUT2D eigenvalue weighted by atomic mass is 10.1. The summed E-state index contributed by atoms with van der Waals surface area (Å²) in [7, 11) is 0. The summed E-state index contributed by atoms with van der Waals surface area (Å²) < 4.78 is 0. The number of anilines is 3. The molecule has 0 spiro atoms. The van der Waals surface area contributed by atoms with Crippen molar-refractivity contribution in [3.8, 4) is 0 Å². The Morgan fingerprint density at radius 1 is 1.18 bits per heavy atom. The van der Waals surface area contributed by atoms with E-state index in [0.29, 0.717) is 11.8 Å². The zero-order chi connectivity index (χ0) is 19.1. The lowest BCUT2D eigenvalue weighted by Crippen LogP contribution is -2.10. The van der Waals surface area contributed by atoms with Crippen molar-refractivity contribution in [3.63, 3.8) is 0 Å². The number of hydrogen-bond acceptors (Lipinski definition) is 6. The van der Waals surface area contributed by atoms with Gasteiger partial charge in [0.2, 0.25) is 5.95 Å². The number of fused-ring (bicyclic) bond motifs is 2. The molecule has 0 saturated carbocycles. The van der Waals surface area contributed by atoms with E-state index in [1.165, 1.54) is 11.1 Å². The number of aryl methyl sites for hydroxylation is 1. The van der Waals surface area contributed by atoms with Crippen LogP contribution in [0, 0.1) is 0 Å². The molecule has 3 aromatic heterocycles. The summed E-state index contributed by atoms with van der Waals surface area (Å²) in [5, 5.41) is 16.4. The van der Waals surface area contributed by atoms with Crippen LogP contribution >= 0.6 is 0 Å². The first-order valence-electron chi connectivity index (χ1n) is 9.55. The molecule has 8 nitrogen and oxygen atoms in total. The van der Waals surface area contributed by atoms with Crippen molar-refractivity contribution >= 4 is 28.6 Å². The van der Waals surface area contributed by atoms with E-state index >= 15 is 0 Å². The Hall–Kier alpha value is -3.42. The summed E-state index contributed by atoms with van der Waals surface area (Å²) in [6.45, 7) is 4.07. The van der Waals surface area contributed by atoms with Gasteiger partial charge in [-0.25, -0.2) is 0 Å². The quantitative estimate of drug-likeness (QED) is 0.489. The summed E-state index contributed by atoms with van der Waals surface area (Å²) in [5.74, 6) is 1.92. The maximum atomic E-state index is 4.73. The first-order valence-corrected chi connectivity index (χ1v) is 9.55. The van der Waals surface area contributed by atoms with Gasteiger partial charge in [-0.1, -0.05) is 24.3 Å². The van der Waals surface area contributed by atoms with Gasteiger partial charge in [-0.2, -0.15) is 19.9 Å². The van der Waals surface area contributed by atoms with Gasteiger partial charge in [-0.3, -0.25) is 0 Å². The molecule has 0 radical (unpaired) electrons. The normalized spacial score (nSPS) is 15.9. The third-order valence-electron chi connectivity index (χ3n) is 5.07. The molecule has 0 unspecified atom stereocenters. The molecule has 0 aliphatic heterocycles. The molecular formula is C20H22N8. The minimum absolute atomic E-state index is 0.196. The predicted molar refractivity (Wildman–Crippen MR) is 109 cm³/mol. The smallest absolute Gasteiger partial charge is 0.232 e. The van der Waals surface area contributed by atoms with Gasteiger partial charge in [-0.15, -0.1) is 5.10 Å². The third kappa shape index (κ3) is 2.96. The van der Waals surface area contributed by atoms with E-state index < -0.39 is 0 Å². The Morgan fingerprint density at radius 2 is 2.07 bits per heavy atom. The van der Waals surface area contributed by atoms with E-state index in [1.807, 2.05) is 26.1 Å². The highest BCUT2D eigenvalue weighted by molar-refractivity contribution is 5.88. The van der Waals surface area contributed by atoms with E-state index in [4.69, 9.17) is 4.98 Å². The van der Waals surface area contributed by atoms with E-state index in [-0.39, 0.29) is 12.1 Å². The Balaban J connectivity index is 1.46. The molecule has 0 fully saturated rings. The fraction of sp³-hybridized carbons (Fsp3) is 0.300. The van der Waals surface area contributed by atoms with Gasteiger partial charge in [0, 0.05) is 6.20 Å². The summed E-state index contributed by atoms with van der Waals surface area (Å²) >= 11 is 0. The van der Waals surface area contributed by atoms with E-state index in [9.17, 15) is 0 Å². The average molecular weight is 374 g/mol. The van der Waals surface area contributed by atoms with Gasteiger partial charge in [-0.05, 0) is 43.9 Å². The Labute approximate surface area is 162 Å². The molecule has 8 heteroatoms. The average Bonchev–Trinajstić information content (AvgIpc) is 3.42. The fourth-order valence-corrected chi connectivity index (χ4v) is 3.68. The van der Waals surface area contributed by atoms with Gasteiger partial charge in [0.1, 0.15) is 11.5 Å². The Kier molecular flexibility index (Phi) is 3.96. The van der Waals surface area contributed by atoms with Crippen LogP contribution in [0.5, 0.6) is 0 Å². The fourth-order valence-electron chi connectivity index (χ4n) is 3.68. The van der Waals surface area contributed by atoms with E-state index in [1.54, 1.807) is 11.0 Å². The number of H-pyrrole nitrogens is 1. The van der Waals surface area contributed by atoms with Crippen LogP contribution in [0.1, 0.15) is 43.5 Å². The van der Waals surface area contributed by atoms with Crippen molar-refractivity contribution < 1.29 is 0 Å². The van der Waals surface area contributed by atoms with Gasteiger partial charge in [0.25, 0.3) is 0 Å². The second-order valence-electron chi connectivity index (χ2n) is 7.34. The summed E-state index contributed by atoms with van der Waals surface area (Å²) in [6.07, 6.45) is 5.70. The SMILES string of the molecule is CC(C)n1ncc(Nc2nc(N[C@@H]3CCc4ccccc43)c3cc[nH]c3n2)n1. The molecule has 28 heavy (non-hydrogen) atoms. The molecular weight excluding hydrogens is 352 g/mol. The largest absolute Gasteiger partial charge is 0.363 e. The Bertz CT molecular complexity index is 1130. The molecule has 1 aliphatic rings. The zero-order valence-electron chi connectivity index (χ0n) is 15.8. The Morgan fingerprint density at radius 3 is 2.93 bits per heavy atom. The minimum Gasteiger partial charge on any atom is -0.363 e. The monoisotopic (exact) mass is 374 g/mol. The van der Waals surface area contributed by atoms with Crippen molar-refractivity contribution in [2.45, 2.75) is 38.8 Å². The number of aromatic amines is 1. The molecule has 3 heterocycles. The molecule has 142 valence electrons. The molecule has 4 aromatic rings. The van der Waals surface area contributed by atoms with Crippen LogP contribution in [0.15, 0.2) is 42.7 Å². The van der Waals surface area contributed by atoms with Crippen LogP contribution in [0.4, 0.5) is 17.6 Å². The summed E-state index contributed by atoms with van der Waals surface area (Å²) in [6, 6.07) is 11.0. The number of hydrogen-bond donors (Lipinski definition) is 3. The van der Waals surface area contributed by atoms with Crippen molar-refractivity contribution in [2.75, 3.05) is 10.6 Å². The number of aromatic nitrogens is 6. The summed E-state index contributed by atoms with van der Waals surface area (Å²) in [5.41, 5.74) is 3.53. The van der Waals surface area contributed by atoms with Crippen LogP contribution in [0.3, 0.4) is 0 Å². The highest BCUT2D eigenvalue weighted by atomic mass is 15.5. The van der Waals surface area contributed by atoms with Crippen LogP contribution in [0.25, 0.3) is 11.0 Å². The molecule has 5 rings (SSSR count). The molecule has 0 amide bonds. The van der Waals surface area contributed by atoms with Crippen LogP contribution < -0.4 is 10.6 Å². The van der Waals surface area contributed by atoms with Gasteiger partial charge in [0.15, 0.2) is 5.82 Å². The van der Waals surface area contributed by atoms with Crippen LogP contribution in [0.2, 0.25) is 0 Å². The van der Waals surface area contributed by atoms with Crippen LogP contribution in [-0.4, -0.2) is 29.9 Å². The van der Waals surface area contributed by atoms with E-state index in [2.05, 4.69) is 55.1 Å². The third-order valence-corrected chi connectivity index (χ3v) is 5.07. The first kappa shape index (κ1) is 16.7. The standard InChI is InChI=1S/C20H22N8/c1-12(2)28-22-11-17(27-28)24-20-25-18-15(9-10-21-18)19(26-20)23-16-8-7-13-5-3-4-6-14(13)16/h3-6,9-12,16H,7-8H2,1-2H3,(H3,21,23,24,25,26,27)/t16-/m1/s1. The van der Waals surface area contributed by atoms with Crippen molar-refractivity contribution in [3.05, 3.63) is 53.9 Å². The number of rotatable bonds is 5. The molecule has 1 atom stereocenters. The number of nitrogens with one attached hydrogen (secondary N) is 3. The maximum Gasteiger partial charge on any atom is 0.232 e.